The van der Waals surface area contributed by atoms with Gasteiger partial charge in [-0.2, -0.15) is 0 Å². The summed E-state index contributed by atoms with van der Waals surface area (Å²) in [6, 6.07) is 0. The van der Waals surface area contributed by atoms with Crippen molar-refractivity contribution in [2.45, 2.75) is 154 Å². The summed E-state index contributed by atoms with van der Waals surface area (Å²) >= 11 is 0. The van der Waals surface area contributed by atoms with Crippen LogP contribution in [-0.2, 0) is 21.2 Å². The third kappa shape index (κ3) is 9.57. The van der Waals surface area contributed by atoms with Crippen molar-refractivity contribution in [3.8, 4) is 0 Å². The molecule has 196 valence electrons. The van der Waals surface area contributed by atoms with Crippen LogP contribution in [0.1, 0.15) is 92.9 Å². The Morgan fingerprint density at radius 1 is 0.485 bits per heavy atom. The Hall–Kier alpha value is 0.668. The van der Waals surface area contributed by atoms with Gasteiger partial charge in [-0.15, -0.1) is 0 Å². The standard InChI is InChI=1S/C24H54O5Si4/c1-23(2,3)25-30(7,8)27-33(12,22-19-15-16-20-22)29-31(9,10)28-32(11,26-24(4,5)6)21-17-13-14-18-21/h21-22H,13-20H2,1-12H3. The highest BCUT2D eigenvalue weighted by Gasteiger charge is 2.55. The molecule has 0 aromatic rings. The van der Waals surface area contributed by atoms with Gasteiger partial charge in [0.25, 0.3) is 0 Å². The smallest absolute Gasteiger partial charge is 0.329 e. The van der Waals surface area contributed by atoms with Crippen LogP contribution in [0.25, 0.3) is 0 Å². The first-order valence-electron chi connectivity index (χ1n) is 13.3. The van der Waals surface area contributed by atoms with E-state index in [0.717, 1.165) is 0 Å². The molecule has 5 nitrogen and oxygen atoms in total. The van der Waals surface area contributed by atoms with E-state index in [1.165, 1.54) is 51.4 Å². The summed E-state index contributed by atoms with van der Waals surface area (Å²) in [6.07, 6.45) is 9.95. The molecule has 2 aliphatic carbocycles. The molecule has 9 heteroatoms. The average molecular weight is 535 g/mol. The molecular formula is C24H54O5Si4. The third-order valence-corrected chi connectivity index (χ3v) is 23.6. The Morgan fingerprint density at radius 2 is 0.818 bits per heavy atom. The molecule has 0 saturated heterocycles. The highest BCUT2D eigenvalue weighted by molar-refractivity contribution is 6.88. The Morgan fingerprint density at radius 3 is 1.21 bits per heavy atom. The molecule has 0 amide bonds. The van der Waals surface area contributed by atoms with Gasteiger partial charge in [-0.1, -0.05) is 25.7 Å². The second-order valence-corrected chi connectivity index (χ2v) is 27.7. The quantitative estimate of drug-likeness (QED) is 0.265. The summed E-state index contributed by atoms with van der Waals surface area (Å²) in [5.74, 6) is 0. The summed E-state index contributed by atoms with van der Waals surface area (Å²) in [6.45, 7) is 26.2. The average Bonchev–Trinajstić information content (AvgIpc) is 3.23. The summed E-state index contributed by atoms with van der Waals surface area (Å²) in [4.78, 5) is 0. The van der Waals surface area contributed by atoms with E-state index in [0.29, 0.717) is 11.1 Å². The largest absolute Gasteiger partial charge is 0.416 e. The Labute approximate surface area is 209 Å². The van der Waals surface area contributed by atoms with Gasteiger partial charge >= 0.3 is 34.2 Å². The number of rotatable bonds is 10. The zero-order valence-electron chi connectivity index (χ0n) is 23.9. The first-order valence-corrected chi connectivity index (χ1v) is 23.7. The maximum Gasteiger partial charge on any atom is 0.329 e. The summed E-state index contributed by atoms with van der Waals surface area (Å²) < 4.78 is 34.6. The zero-order valence-corrected chi connectivity index (χ0v) is 27.9. The van der Waals surface area contributed by atoms with Crippen molar-refractivity contribution in [2.24, 2.45) is 0 Å². The van der Waals surface area contributed by atoms with Crippen LogP contribution in [0.15, 0.2) is 0 Å². The molecule has 0 heterocycles. The minimum absolute atomic E-state index is 0.216. The monoisotopic (exact) mass is 534 g/mol. The molecule has 33 heavy (non-hydrogen) atoms. The molecule has 0 aromatic carbocycles. The lowest BCUT2D eigenvalue weighted by molar-refractivity contribution is 0.0775. The topological polar surface area (TPSA) is 46.2 Å². The van der Waals surface area contributed by atoms with Crippen LogP contribution in [0.2, 0.25) is 50.4 Å². The zero-order chi connectivity index (χ0) is 25.3. The fourth-order valence-electron chi connectivity index (χ4n) is 6.13. The second-order valence-electron chi connectivity index (χ2n) is 13.5. The van der Waals surface area contributed by atoms with Gasteiger partial charge in [-0.3, -0.25) is 0 Å². The van der Waals surface area contributed by atoms with E-state index in [4.69, 9.17) is 21.2 Å². The molecule has 0 bridgehead atoms. The Balaban J connectivity index is 2.28. The maximum atomic E-state index is 7.17. The van der Waals surface area contributed by atoms with Crippen LogP contribution < -0.4 is 0 Å². The first kappa shape index (κ1) is 29.9. The van der Waals surface area contributed by atoms with Gasteiger partial charge in [0.2, 0.25) is 0 Å². The fraction of sp³-hybridized carbons (Fsp3) is 1.00. The minimum atomic E-state index is -2.54. The molecule has 2 aliphatic rings. The van der Waals surface area contributed by atoms with E-state index in [-0.39, 0.29) is 11.2 Å². The molecule has 0 aliphatic heterocycles. The molecule has 2 rings (SSSR count). The van der Waals surface area contributed by atoms with Gasteiger partial charge in [-0.05, 0) is 107 Å². The van der Waals surface area contributed by atoms with Crippen molar-refractivity contribution in [1.29, 1.82) is 0 Å². The van der Waals surface area contributed by atoms with E-state index < -0.39 is 34.2 Å². The Bertz CT molecular complexity index is 634. The minimum Gasteiger partial charge on any atom is -0.416 e. The lowest BCUT2D eigenvalue weighted by Crippen LogP contribution is -2.62. The SMILES string of the molecule is CC(C)(C)O[Si](C)(C)O[Si](C)(O[Si](C)(C)O[Si](C)(OC(C)(C)C)C1CCCC1)C1CCCC1. The van der Waals surface area contributed by atoms with Gasteiger partial charge in [0.15, 0.2) is 0 Å². The van der Waals surface area contributed by atoms with E-state index in [2.05, 4.69) is 80.8 Å². The van der Waals surface area contributed by atoms with Crippen molar-refractivity contribution in [1.82, 2.24) is 0 Å². The molecule has 0 radical (unpaired) electrons. The predicted molar refractivity (Wildman–Crippen MR) is 148 cm³/mol. The third-order valence-electron chi connectivity index (χ3n) is 6.60. The van der Waals surface area contributed by atoms with E-state index in [1.54, 1.807) is 0 Å². The molecule has 0 N–H and O–H groups in total. The molecule has 2 atom stereocenters. The Kier molecular flexibility index (Phi) is 9.58. The highest BCUT2D eigenvalue weighted by atomic mass is 28.5. The van der Waals surface area contributed by atoms with Crippen LogP contribution in [0.3, 0.4) is 0 Å². The second kappa shape index (κ2) is 10.6. The lowest BCUT2D eigenvalue weighted by atomic mass is 10.2. The molecule has 2 saturated carbocycles. The van der Waals surface area contributed by atoms with E-state index >= 15 is 0 Å². The van der Waals surface area contributed by atoms with Gasteiger partial charge < -0.3 is 21.2 Å². The molecule has 2 unspecified atom stereocenters. The van der Waals surface area contributed by atoms with Crippen LogP contribution in [-0.4, -0.2) is 45.4 Å². The normalized spacial score (nSPS) is 23.6. The fourth-order valence-corrected chi connectivity index (χ4v) is 27.0. The number of hydrogen-bond acceptors (Lipinski definition) is 5. The van der Waals surface area contributed by atoms with E-state index in [1.807, 2.05) is 0 Å². The van der Waals surface area contributed by atoms with E-state index in [9.17, 15) is 0 Å². The number of hydrogen-bond donors (Lipinski definition) is 0. The van der Waals surface area contributed by atoms with Crippen LogP contribution in [0.4, 0.5) is 0 Å². The molecule has 0 aromatic heterocycles. The molecule has 2 fully saturated rings. The van der Waals surface area contributed by atoms with Crippen molar-refractivity contribution < 1.29 is 21.2 Å². The lowest BCUT2D eigenvalue weighted by Gasteiger charge is -2.47. The van der Waals surface area contributed by atoms with Gasteiger partial charge in [0.05, 0.1) is 11.2 Å². The highest BCUT2D eigenvalue weighted by Crippen LogP contribution is 2.46. The van der Waals surface area contributed by atoms with Crippen molar-refractivity contribution in [2.75, 3.05) is 0 Å². The van der Waals surface area contributed by atoms with Crippen LogP contribution >= 0.6 is 0 Å². The van der Waals surface area contributed by atoms with Gasteiger partial charge in [0.1, 0.15) is 0 Å². The van der Waals surface area contributed by atoms with Gasteiger partial charge in [0, 0.05) is 11.1 Å². The summed E-state index contributed by atoms with van der Waals surface area (Å²) in [5.41, 5.74) is 0.610. The van der Waals surface area contributed by atoms with Crippen LogP contribution in [0, 0.1) is 0 Å². The van der Waals surface area contributed by atoms with Crippen molar-refractivity contribution in [3.63, 3.8) is 0 Å². The molecule has 0 spiro atoms. The first-order chi connectivity index (χ1) is 14.7. The van der Waals surface area contributed by atoms with Crippen molar-refractivity contribution >= 4 is 34.2 Å². The van der Waals surface area contributed by atoms with Gasteiger partial charge in [-0.25, -0.2) is 0 Å². The summed E-state index contributed by atoms with van der Waals surface area (Å²) in [7, 11) is -9.89. The molecular weight excluding hydrogens is 481 g/mol. The predicted octanol–water partition coefficient (Wildman–Crippen LogP) is 8.10. The van der Waals surface area contributed by atoms with Crippen LogP contribution in [0.5, 0.6) is 0 Å². The summed E-state index contributed by atoms with van der Waals surface area (Å²) in [5, 5.41) is 0. The van der Waals surface area contributed by atoms with Crippen molar-refractivity contribution in [3.05, 3.63) is 0 Å². The maximum absolute atomic E-state index is 7.17.